The summed E-state index contributed by atoms with van der Waals surface area (Å²) in [6.07, 6.45) is 10.8. The second-order valence-corrected chi connectivity index (χ2v) is 13.5. The van der Waals surface area contributed by atoms with E-state index in [-0.39, 0.29) is 11.5 Å². The van der Waals surface area contributed by atoms with E-state index in [9.17, 15) is 10.2 Å². The van der Waals surface area contributed by atoms with Crippen molar-refractivity contribution in [3.05, 3.63) is 0 Å². The molecule has 6 rings (SSSR count). The van der Waals surface area contributed by atoms with Crippen molar-refractivity contribution in [1.29, 1.82) is 0 Å². The molecule has 0 radical (unpaired) electrons. The molecular weight excluding hydrogens is 412 g/mol. The first-order chi connectivity index (χ1) is 15.8. The Labute approximate surface area is 201 Å². The number of rotatable bonds is 2. The van der Waals surface area contributed by atoms with E-state index in [1.54, 1.807) is 0 Å². The average molecular weight is 461 g/mol. The Morgan fingerprint density at radius 1 is 0.848 bits per heavy atom. The maximum atomic E-state index is 12.0. The number of nitrogens with zero attached hydrogens (tertiary/aromatic N) is 2. The fraction of sp³-hybridized carbons (Fsp3) is 1.00. The first-order valence-corrected chi connectivity index (χ1v) is 14.2. The summed E-state index contributed by atoms with van der Waals surface area (Å²) in [5, 5.41) is 23.2. The molecule has 2 N–H and O–H groups in total. The first kappa shape index (κ1) is 23.2. The minimum atomic E-state index is -0.580. The van der Waals surface area contributed by atoms with Crippen LogP contribution in [0.1, 0.15) is 78.6 Å². The lowest BCUT2D eigenvalue weighted by Gasteiger charge is -2.63. The smallest absolute Gasteiger partial charge is 0.0830 e. The lowest BCUT2D eigenvalue weighted by atomic mass is 9.44. The van der Waals surface area contributed by atoms with E-state index >= 15 is 0 Å². The molecule has 0 amide bonds. The number of aliphatic hydroxyl groups excluding tert-OH is 1. The first-order valence-electron chi connectivity index (χ1n) is 14.2. The van der Waals surface area contributed by atoms with E-state index in [0.717, 1.165) is 51.0 Å². The van der Waals surface area contributed by atoms with Crippen molar-refractivity contribution in [3.63, 3.8) is 0 Å². The lowest BCUT2D eigenvalue weighted by Crippen LogP contribution is -2.62. The van der Waals surface area contributed by atoms with Crippen molar-refractivity contribution in [1.82, 2.24) is 9.80 Å². The minimum Gasteiger partial charge on any atom is -0.391 e. The van der Waals surface area contributed by atoms with Crippen molar-refractivity contribution >= 4 is 0 Å². The number of ether oxygens (including phenoxy) is 1. The van der Waals surface area contributed by atoms with Crippen LogP contribution in [0.3, 0.4) is 0 Å². The van der Waals surface area contributed by atoms with Crippen LogP contribution in [0.15, 0.2) is 0 Å². The molecule has 4 aliphatic carbocycles. The van der Waals surface area contributed by atoms with Gasteiger partial charge in [0.15, 0.2) is 0 Å². The molecule has 4 saturated carbocycles. The van der Waals surface area contributed by atoms with Gasteiger partial charge in [0.25, 0.3) is 0 Å². The van der Waals surface area contributed by atoms with Gasteiger partial charge in [0.1, 0.15) is 0 Å². The molecule has 188 valence electrons. The molecule has 2 heterocycles. The van der Waals surface area contributed by atoms with Gasteiger partial charge in [-0.15, -0.1) is 0 Å². The van der Waals surface area contributed by atoms with Gasteiger partial charge in [0.2, 0.25) is 0 Å². The number of aliphatic hydroxyl groups is 2. The third-order valence-corrected chi connectivity index (χ3v) is 12.5. The lowest BCUT2D eigenvalue weighted by molar-refractivity contribution is -0.173. The van der Waals surface area contributed by atoms with Gasteiger partial charge in [-0.3, -0.25) is 9.80 Å². The molecule has 0 aromatic rings. The largest absolute Gasteiger partial charge is 0.391 e. The summed E-state index contributed by atoms with van der Waals surface area (Å²) in [6.45, 7) is 13.1. The molecule has 0 aromatic heterocycles. The number of hydrogen-bond donors (Lipinski definition) is 2. The van der Waals surface area contributed by atoms with Crippen LogP contribution in [0.4, 0.5) is 0 Å². The van der Waals surface area contributed by atoms with Gasteiger partial charge in [-0.1, -0.05) is 13.8 Å². The van der Waals surface area contributed by atoms with Crippen molar-refractivity contribution in [2.24, 2.45) is 34.5 Å². The highest BCUT2D eigenvalue weighted by molar-refractivity contribution is 5.18. The van der Waals surface area contributed by atoms with Gasteiger partial charge in [-0.05, 0) is 107 Å². The summed E-state index contributed by atoms with van der Waals surface area (Å²) in [6, 6.07) is 0.639. The van der Waals surface area contributed by atoms with E-state index in [4.69, 9.17) is 4.74 Å². The zero-order valence-corrected chi connectivity index (χ0v) is 21.3. The SMILES string of the molecule is CC1(O)[C@@H](N2CCCC2)CC2C3CC[C@H]4C[C@H](O)[C@@H](N5CCOCC5)C[C@]4(C)C3CC[C@@]21C. The van der Waals surface area contributed by atoms with Crippen LogP contribution < -0.4 is 0 Å². The summed E-state index contributed by atoms with van der Waals surface area (Å²) in [4.78, 5) is 5.17. The standard InChI is InChI=1S/C28H48N2O3/c1-26-18-23(29-12-14-33-15-13-29)24(31)16-19(26)6-7-20-21(26)8-9-27(2)22(20)17-25(28(27,3)32)30-10-4-5-11-30/h19-25,31-32H,4-18H2,1-3H3/t19-,20?,21?,22?,23-,24-,25-,26-,27-,28?/m0/s1. The highest BCUT2D eigenvalue weighted by Crippen LogP contribution is 2.68. The highest BCUT2D eigenvalue weighted by Gasteiger charge is 2.67. The van der Waals surface area contributed by atoms with E-state index < -0.39 is 5.60 Å². The number of hydrogen-bond acceptors (Lipinski definition) is 5. The van der Waals surface area contributed by atoms with Crippen LogP contribution in [0.2, 0.25) is 0 Å². The van der Waals surface area contributed by atoms with Gasteiger partial charge in [-0.25, -0.2) is 0 Å². The third-order valence-electron chi connectivity index (χ3n) is 12.5. The number of fused-ring (bicyclic) bond motifs is 5. The predicted molar refractivity (Wildman–Crippen MR) is 130 cm³/mol. The van der Waals surface area contributed by atoms with Gasteiger partial charge >= 0.3 is 0 Å². The molecule has 0 bridgehead atoms. The maximum Gasteiger partial charge on any atom is 0.0830 e. The van der Waals surface area contributed by atoms with E-state index in [2.05, 4.69) is 30.6 Å². The summed E-state index contributed by atoms with van der Waals surface area (Å²) in [5.74, 6) is 2.79. The van der Waals surface area contributed by atoms with E-state index in [1.165, 1.54) is 58.0 Å². The van der Waals surface area contributed by atoms with Crippen LogP contribution in [0.25, 0.3) is 0 Å². The molecule has 6 aliphatic rings. The number of morpholine rings is 1. The Morgan fingerprint density at radius 3 is 2.30 bits per heavy atom. The Hall–Kier alpha value is -0.200. The molecule has 6 fully saturated rings. The van der Waals surface area contributed by atoms with Gasteiger partial charge in [0, 0.05) is 30.6 Å². The predicted octanol–water partition coefficient (Wildman–Crippen LogP) is 3.53. The Bertz CT molecular complexity index is 733. The molecule has 2 saturated heterocycles. The summed E-state index contributed by atoms with van der Waals surface area (Å²) >= 11 is 0. The molecular formula is C28H48N2O3. The highest BCUT2D eigenvalue weighted by atomic mass is 16.5. The Morgan fingerprint density at radius 2 is 1.58 bits per heavy atom. The monoisotopic (exact) mass is 460 g/mol. The van der Waals surface area contributed by atoms with Gasteiger partial charge in [-0.2, -0.15) is 0 Å². The molecule has 5 heteroatoms. The third kappa shape index (κ3) is 3.35. The fourth-order valence-corrected chi connectivity index (χ4v) is 10.3. The Balaban J connectivity index is 1.27. The molecule has 0 aromatic carbocycles. The molecule has 0 spiro atoms. The molecule has 33 heavy (non-hydrogen) atoms. The second kappa shape index (κ2) is 8.16. The second-order valence-electron chi connectivity index (χ2n) is 13.5. The Kier molecular flexibility index (Phi) is 5.74. The summed E-state index contributed by atoms with van der Waals surface area (Å²) in [5.41, 5.74) is -0.212. The van der Waals surface area contributed by atoms with Crippen molar-refractivity contribution < 1.29 is 14.9 Å². The zero-order valence-electron chi connectivity index (χ0n) is 21.3. The van der Waals surface area contributed by atoms with Crippen molar-refractivity contribution in [2.75, 3.05) is 39.4 Å². The zero-order chi connectivity index (χ0) is 23.0. The minimum absolute atomic E-state index is 0.0441. The van der Waals surface area contributed by atoms with Crippen LogP contribution in [-0.4, -0.2) is 83.2 Å². The van der Waals surface area contributed by atoms with Crippen LogP contribution >= 0.6 is 0 Å². The quantitative estimate of drug-likeness (QED) is 0.660. The van der Waals surface area contributed by atoms with Gasteiger partial charge < -0.3 is 14.9 Å². The summed E-state index contributed by atoms with van der Waals surface area (Å²) < 4.78 is 5.62. The molecule has 4 unspecified atom stereocenters. The van der Waals surface area contributed by atoms with Crippen molar-refractivity contribution in [2.45, 2.75) is 102 Å². The van der Waals surface area contributed by atoms with Crippen LogP contribution in [0.5, 0.6) is 0 Å². The molecule has 5 nitrogen and oxygen atoms in total. The average Bonchev–Trinajstić information content (AvgIpc) is 3.39. The van der Waals surface area contributed by atoms with Crippen LogP contribution in [-0.2, 0) is 4.74 Å². The molecule has 2 aliphatic heterocycles. The molecule has 10 atom stereocenters. The fourth-order valence-electron chi connectivity index (χ4n) is 10.3. The topological polar surface area (TPSA) is 56.2 Å². The van der Waals surface area contributed by atoms with E-state index in [0.29, 0.717) is 29.3 Å². The van der Waals surface area contributed by atoms with Crippen molar-refractivity contribution in [3.8, 4) is 0 Å². The van der Waals surface area contributed by atoms with Gasteiger partial charge in [0.05, 0.1) is 24.9 Å². The summed E-state index contributed by atoms with van der Waals surface area (Å²) in [7, 11) is 0. The number of likely N-dealkylation sites (tertiary alicyclic amines) is 1. The maximum absolute atomic E-state index is 12.0. The van der Waals surface area contributed by atoms with E-state index in [1.807, 2.05) is 0 Å². The normalized spacial score (nSPS) is 55.7. The van der Waals surface area contributed by atoms with Crippen LogP contribution in [0, 0.1) is 34.5 Å².